The summed E-state index contributed by atoms with van der Waals surface area (Å²) in [5, 5.41) is 11.0. The number of hydrogen-bond acceptors (Lipinski definition) is 4. The molecule has 0 heterocycles. The van der Waals surface area contributed by atoms with E-state index in [2.05, 4.69) is 0 Å². The number of rotatable bonds is 4. The normalized spacial score (nSPS) is 16.5. The molecular weight excluding hydrogens is 232 g/mol. The molecule has 0 atom stereocenters. The van der Waals surface area contributed by atoms with Gasteiger partial charge in [-0.1, -0.05) is 12.5 Å². The van der Waals surface area contributed by atoms with Crippen molar-refractivity contribution in [3.8, 4) is 5.75 Å². The molecule has 1 aromatic carbocycles. The zero-order chi connectivity index (χ0) is 13.0. The van der Waals surface area contributed by atoms with Crippen LogP contribution < -0.4 is 10.5 Å². The van der Waals surface area contributed by atoms with Crippen LogP contribution in [0.5, 0.6) is 5.75 Å². The van der Waals surface area contributed by atoms with E-state index in [4.69, 9.17) is 10.5 Å². The van der Waals surface area contributed by atoms with Gasteiger partial charge in [0.2, 0.25) is 0 Å². The maximum absolute atomic E-state index is 11.0. The van der Waals surface area contributed by atoms with E-state index in [1.54, 1.807) is 12.1 Å². The van der Waals surface area contributed by atoms with Crippen molar-refractivity contribution in [1.82, 2.24) is 0 Å². The number of nitrogens with two attached hydrogens (primary N) is 1. The third kappa shape index (κ3) is 2.98. The molecule has 0 aromatic heterocycles. The molecular formula is C13H18N2O3. The average molecular weight is 250 g/mol. The minimum absolute atomic E-state index is 0.0257. The third-order valence-electron chi connectivity index (χ3n) is 3.30. The summed E-state index contributed by atoms with van der Waals surface area (Å²) in [6.45, 7) is 0.360. The standard InChI is InChI=1S/C13H18N2O3/c14-9-10-6-7-12(15(16)17)13(8-10)18-11-4-2-1-3-5-11/h6-8,11H,1-5,9,14H2. The zero-order valence-corrected chi connectivity index (χ0v) is 10.3. The fourth-order valence-electron chi connectivity index (χ4n) is 2.29. The van der Waals surface area contributed by atoms with E-state index in [1.807, 2.05) is 0 Å². The van der Waals surface area contributed by atoms with Crippen molar-refractivity contribution in [2.75, 3.05) is 0 Å². The topological polar surface area (TPSA) is 78.4 Å². The van der Waals surface area contributed by atoms with Crippen molar-refractivity contribution in [2.24, 2.45) is 5.73 Å². The molecule has 0 spiro atoms. The third-order valence-corrected chi connectivity index (χ3v) is 3.30. The summed E-state index contributed by atoms with van der Waals surface area (Å²) in [6.07, 6.45) is 5.55. The molecule has 1 fully saturated rings. The molecule has 2 N–H and O–H groups in total. The predicted molar refractivity (Wildman–Crippen MR) is 68.5 cm³/mol. The lowest BCUT2D eigenvalue weighted by Gasteiger charge is -2.23. The van der Waals surface area contributed by atoms with Gasteiger partial charge in [0, 0.05) is 12.6 Å². The molecule has 0 saturated heterocycles. The smallest absolute Gasteiger partial charge is 0.310 e. The van der Waals surface area contributed by atoms with Crippen LogP contribution >= 0.6 is 0 Å². The molecule has 0 radical (unpaired) electrons. The van der Waals surface area contributed by atoms with E-state index in [-0.39, 0.29) is 11.8 Å². The summed E-state index contributed by atoms with van der Waals surface area (Å²) in [5.74, 6) is 0.356. The van der Waals surface area contributed by atoms with Gasteiger partial charge in [-0.05, 0) is 37.3 Å². The van der Waals surface area contributed by atoms with Gasteiger partial charge < -0.3 is 10.5 Å². The highest BCUT2D eigenvalue weighted by molar-refractivity contribution is 5.48. The van der Waals surface area contributed by atoms with Crippen molar-refractivity contribution in [2.45, 2.75) is 44.8 Å². The number of nitrogens with zero attached hydrogens (tertiary/aromatic N) is 1. The van der Waals surface area contributed by atoms with Crippen LogP contribution in [0.15, 0.2) is 18.2 Å². The number of nitro benzene ring substituents is 1. The van der Waals surface area contributed by atoms with Gasteiger partial charge in [0.1, 0.15) is 0 Å². The highest BCUT2D eigenvalue weighted by atomic mass is 16.6. The Bertz CT molecular complexity index is 428. The van der Waals surface area contributed by atoms with Gasteiger partial charge in [-0.25, -0.2) is 0 Å². The van der Waals surface area contributed by atoms with Crippen LogP contribution in [0.1, 0.15) is 37.7 Å². The lowest BCUT2D eigenvalue weighted by atomic mass is 9.98. The van der Waals surface area contributed by atoms with Crippen LogP contribution in [0, 0.1) is 10.1 Å². The highest BCUT2D eigenvalue weighted by Gasteiger charge is 2.21. The van der Waals surface area contributed by atoms with Crippen molar-refractivity contribution in [3.63, 3.8) is 0 Å². The summed E-state index contributed by atoms with van der Waals surface area (Å²) < 4.78 is 5.79. The van der Waals surface area contributed by atoms with E-state index >= 15 is 0 Å². The summed E-state index contributed by atoms with van der Waals surface area (Å²) in [7, 11) is 0. The summed E-state index contributed by atoms with van der Waals surface area (Å²) in [6, 6.07) is 4.83. The largest absolute Gasteiger partial charge is 0.483 e. The van der Waals surface area contributed by atoms with Gasteiger partial charge in [-0.3, -0.25) is 10.1 Å². The van der Waals surface area contributed by atoms with Crippen molar-refractivity contribution >= 4 is 5.69 Å². The van der Waals surface area contributed by atoms with Gasteiger partial charge in [-0.2, -0.15) is 0 Å². The Morgan fingerprint density at radius 2 is 2.06 bits per heavy atom. The molecule has 1 aliphatic rings. The monoisotopic (exact) mass is 250 g/mol. The fourth-order valence-corrected chi connectivity index (χ4v) is 2.29. The predicted octanol–water partition coefficient (Wildman–Crippen LogP) is 2.77. The van der Waals surface area contributed by atoms with Gasteiger partial charge in [0.05, 0.1) is 11.0 Å². The average Bonchev–Trinajstić information content (AvgIpc) is 2.39. The molecule has 0 aliphatic heterocycles. The Balaban J connectivity index is 2.19. The van der Waals surface area contributed by atoms with Crippen LogP contribution in [0.2, 0.25) is 0 Å². The van der Waals surface area contributed by atoms with Gasteiger partial charge in [-0.15, -0.1) is 0 Å². The number of nitro groups is 1. The molecule has 1 aliphatic carbocycles. The molecule has 5 heteroatoms. The first-order valence-electron chi connectivity index (χ1n) is 6.34. The second kappa shape index (κ2) is 5.82. The van der Waals surface area contributed by atoms with Crippen LogP contribution in [0.25, 0.3) is 0 Å². The quantitative estimate of drug-likeness (QED) is 0.658. The summed E-state index contributed by atoms with van der Waals surface area (Å²) in [4.78, 5) is 10.6. The number of benzene rings is 1. The van der Waals surface area contributed by atoms with E-state index in [9.17, 15) is 10.1 Å². The molecule has 2 rings (SSSR count). The maximum atomic E-state index is 11.0. The van der Waals surface area contributed by atoms with Crippen molar-refractivity contribution in [1.29, 1.82) is 0 Å². The van der Waals surface area contributed by atoms with E-state index < -0.39 is 4.92 Å². The Kier molecular flexibility index (Phi) is 4.15. The van der Waals surface area contributed by atoms with Crippen molar-refractivity contribution < 1.29 is 9.66 Å². The first kappa shape index (κ1) is 12.8. The Hall–Kier alpha value is -1.62. The zero-order valence-electron chi connectivity index (χ0n) is 10.3. The Morgan fingerprint density at radius 1 is 1.33 bits per heavy atom. The lowest BCUT2D eigenvalue weighted by Crippen LogP contribution is -2.20. The maximum Gasteiger partial charge on any atom is 0.310 e. The van der Waals surface area contributed by atoms with Crippen LogP contribution in [0.4, 0.5) is 5.69 Å². The molecule has 5 nitrogen and oxygen atoms in total. The molecule has 1 saturated carbocycles. The Morgan fingerprint density at radius 3 is 2.67 bits per heavy atom. The van der Waals surface area contributed by atoms with Crippen LogP contribution in [-0.2, 0) is 6.54 Å². The fraction of sp³-hybridized carbons (Fsp3) is 0.538. The molecule has 98 valence electrons. The SMILES string of the molecule is NCc1ccc([N+](=O)[O-])c(OC2CCCCC2)c1. The minimum Gasteiger partial charge on any atom is -0.483 e. The van der Waals surface area contributed by atoms with E-state index in [1.165, 1.54) is 12.5 Å². The van der Waals surface area contributed by atoms with E-state index in [0.717, 1.165) is 31.2 Å². The molecule has 1 aromatic rings. The summed E-state index contributed by atoms with van der Waals surface area (Å²) in [5.41, 5.74) is 6.43. The van der Waals surface area contributed by atoms with Crippen molar-refractivity contribution in [3.05, 3.63) is 33.9 Å². The summed E-state index contributed by atoms with van der Waals surface area (Å²) >= 11 is 0. The second-order valence-electron chi connectivity index (χ2n) is 4.64. The lowest BCUT2D eigenvalue weighted by molar-refractivity contribution is -0.386. The number of hydrogen-bond donors (Lipinski definition) is 1. The first-order valence-corrected chi connectivity index (χ1v) is 6.34. The van der Waals surface area contributed by atoms with Gasteiger partial charge in [0.25, 0.3) is 0 Å². The molecule has 0 unspecified atom stereocenters. The van der Waals surface area contributed by atoms with Crippen LogP contribution in [-0.4, -0.2) is 11.0 Å². The molecule has 0 amide bonds. The highest BCUT2D eigenvalue weighted by Crippen LogP contribution is 2.31. The van der Waals surface area contributed by atoms with Crippen LogP contribution in [0.3, 0.4) is 0 Å². The minimum atomic E-state index is -0.404. The number of ether oxygens (including phenoxy) is 1. The van der Waals surface area contributed by atoms with Gasteiger partial charge in [0.15, 0.2) is 5.75 Å². The molecule has 0 bridgehead atoms. The first-order chi connectivity index (χ1) is 8.70. The Labute approximate surface area is 106 Å². The molecule has 18 heavy (non-hydrogen) atoms. The second-order valence-corrected chi connectivity index (χ2v) is 4.64. The van der Waals surface area contributed by atoms with E-state index in [0.29, 0.717) is 12.3 Å². The van der Waals surface area contributed by atoms with Gasteiger partial charge >= 0.3 is 5.69 Å².